The minimum absolute atomic E-state index is 0.0193. The van der Waals surface area contributed by atoms with Crippen molar-refractivity contribution in [3.05, 3.63) is 0 Å². The van der Waals surface area contributed by atoms with Gasteiger partial charge in [0, 0.05) is 26.0 Å². The van der Waals surface area contributed by atoms with Crippen LogP contribution in [-0.4, -0.2) is 45.7 Å². The Hall–Kier alpha value is -0.130. The van der Waals surface area contributed by atoms with Crippen molar-refractivity contribution in [1.29, 1.82) is 0 Å². The lowest BCUT2D eigenvalue weighted by molar-refractivity contribution is -0.0689. The first-order valence-corrected chi connectivity index (χ1v) is 7.82. The van der Waals surface area contributed by atoms with Gasteiger partial charge in [0.05, 0.1) is 11.4 Å². The topological polar surface area (TPSA) is 55.4 Å². The van der Waals surface area contributed by atoms with E-state index in [0.29, 0.717) is 18.7 Å². The van der Waals surface area contributed by atoms with Gasteiger partial charge in [0.25, 0.3) is 0 Å². The molecule has 96 valence electrons. The van der Waals surface area contributed by atoms with E-state index in [1.54, 1.807) is 7.11 Å². The molecule has 1 saturated carbocycles. The van der Waals surface area contributed by atoms with Gasteiger partial charge in [-0.3, -0.25) is 0 Å². The Bertz CT molecular complexity index is 291. The van der Waals surface area contributed by atoms with Gasteiger partial charge in [-0.1, -0.05) is 6.92 Å². The van der Waals surface area contributed by atoms with E-state index in [1.165, 1.54) is 6.42 Å². The van der Waals surface area contributed by atoms with Crippen molar-refractivity contribution in [2.45, 2.75) is 38.2 Å². The van der Waals surface area contributed by atoms with Crippen molar-refractivity contribution >= 4 is 9.84 Å². The van der Waals surface area contributed by atoms with Gasteiger partial charge in [-0.2, -0.15) is 0 Å². The molecule has 4 nitrogen and oxygen atoms in total. The summed E-state index contributed by atoms with van der Waals surface area (Å²) in [5.74, 6) is 0.532. The smallest absolute Gasteiger partial charge is 0.151 e. The molecule has 0 spiro atoms. The minimum Gasteiger partial charge on any atom is -0.377 e. The zero-order valence-corrected chi connectivity index (χ0v) is 11.1. The average molecular weight is 249 g/mol. The van der Waals surface area contributed by atoms with E-state index in [0.717, 1.165) is 19.4 Å². The summed E-state index contributed by atoms with van der Waals surface area (Å²) in [6.07, 6.45) is 4.07. The molecule has 0 aromatic heterocycles. The molecule has 1 aliphatic carbocycles. The maximum atomic E-state index is 11.4. The van der Waals surface area contributed by atoms with Gasteiger partial charge in [0.1, 0.15) is 0 Å². The summed E-state index contributed by atoms with van der Waals surface area (Å²) >= 11 is 0. The number of rotatable bonds is 8. The molecule has 0 heterocycles. The first kappa shape index (κ1) is 13.9. The van der Waals surface area contributed by atoms with E-state index in [-0.39, 0.29) is 11.4 Å². The van der Waals surface area contributed by atoms with Crippen molar-refractivity contribution in [3.8, 4) is 0 Å². The molecule has 0 atom stereocenters. The lowest BCUT2D eigenvalue weighted by atomic mass is 9.80. The summed E-state index contributed by atoms with van der Waals surface area (Å²) in [6.45, 7) is 3.19. The molecular formula is C11H23NO3S. The fraction of sp³-hybridized carbons (Fsp3) is 1.00. The van der Waals surface area contributed by atoms with Crippen molar-refractivity contribution < 1.29 is 13.2 Å². The zero-order valence-electron chi connectivity index (χ0n) is 10.3. The van der Waals surface area contributed by atoms with Gasteiger partial charge in [-0.25, -0.2) is 8.42 Å². The molecule has 1 rings (SSSR count). The van der Waals surface area contributed by atoms with Crippen LogP contribution >= 0.6 is 0 Å². The van der Waals surface area contributed by atoms with Crippen LogP contribution in [0.3, 0.4) is 0 Å². The summed E-state index contributed by atoms with van der Waals surface area (Å²) in [5, 5.41) is 3.19. The molecule has 1 N–H and O–H groups in total. The molecular weight excluding hydrogens is 226 g/mol. The van der Waals surface area contributed by atoms with Crippen molar-refractivity contribution in [2.75, 3.05) is 31.7 Å². The maximum absolute atomic E-state index is 11.4. The van der Waals surface area contributed by atoms with Crippen LogP contribution in [0, 0.1) is 0 Å². The van der Waals surface area contributed by atoms with Gasteiger partial charge >= 0.3 is 0 Å². The first-order chi connectivity index (χ1) is 7.54. The molecule has 1 fully saturated rings. The molecule has 5 heteroatoms. The van der Waals surface area contributed by atoms with E-state index in [2.05, 4.69) is 5.32 Å². The van der Waals surface area contributed by atoms with Crippen molar-refractivity contribution in [2.24, 2.45) is 0 Å². The van der Waals surface area contributed by atoms with Crippen LogP contribution in [-0.2, 0) is 14.6 Å². The Morgan fingerprint density at radius 2 is 2.00 bits per heavy atom. The SMILES string of the molecule is CCCS(=O)(=O)CCNCC1(OC)CCC1. The van der Waals surface area contributed by atoms with Crippen molar-refractivity contribution in [1.82, 2.24) is 5.32 Å². The van der Waals surface area contributed by atoms with E-state index in [1.807, 2.05) is 6.92 Å². The second kappa shape index (κ2) is 5.98. The molecule has 0 radical (unpaired) electrons. The maximum Gasteiger partial charge on any atom is 0.151 e. The standard InChI is InChI=1S/C11H23NO3S/c1-3-8-16(13,14)9-7-12-10-11(15-2)5-4-6-11/h12H,3-10H2,1-2H3. The van der Waals surface area contributed by atoms with Crippen LogP contribution < -0.4 is 5.32 Å². The Morgan fingerprint density at radius 1 is 1.31 bits per heavy atom. The third-order valence-electron chi connectivity index (χ3n) is 3.25. The Morgan fingerprint density at radius 3 is 2.44 bits per heavy atom. The summed E-state index contributed by atoms with van der Waals surface area (Å²) in [6, 6.07) is 0. The fourth-order valence-electron chi connectivity index (χ4n) is 1.98. The minimum atomic E-state index is -2.85. The number of hydrogen-bond acceptors (Lipinski definition) is 4. The van der Waals surface area contributed by atoms with Crippen LogP contribution in [0.2, 0.25) is 0 Å². The molecule has 0 aromatic carbocycles. The number of nitrogens with one attached hydrogen (secondary N) is 1. The second-order valence-electron chi connectivity index (χ2n) is 4.57. The first-order valence-electron chi connectivity index (χ1n) is 6.00. The highest BCUT2D eigenvalue weighted by Crippen LogP contribution is 2.34. The van der Waals surface area contributed by atoms with Gasteiger partial charge in [-0.05, 0) is 25.7 Å². The molecule has 0 unspecified atom stereocenters. The van der Waals surface area contributed by atoms with Crippen LogP contribution in [0.4, 0.5) is 0 Å². The van der Waals surface area contributed by atoms with Crippen molar-refractivity contribution in [3.63, 3.8) is 0 Å². The molecule has 16 heavy (non-hydrogen) atoms. The number of ether oxygens (including phenoxy) is 1. The third-order valence-corrected chi connectivity index (χ3v) is 5.11. The largest absolute Gasteiger partial charge is 0.377 e. The number of hydrogen-bond donors (Lipinski definition) is 1. The average Bonchev–Trinajstić information content (AvgIpc) is 2.15. The quantitative estimate of drug-likeness (QED) is 0.651. The van der Waals surface area contributed by atoms with E-state index in [9.17, 15) is 8.42 Å². The normalized spacial score (nSPS) is 19.4. The van der Waals surface area contributed by atoms with Crippen LogP contribution in [0.15, 0.2) is 0 Å². The summed E-state index contributed by atoms with van der Waals surface area (Å²) < 4.78 is 28.3. The van der Waals surface area contributed by atoms with E-state index < -0.39 is 9.84 Å². The van der Waals surface area contributed by atoms with E-state index >= 15 is 0 Å². The number of methoxy groups -OCH3 is 1. The third kappa shape index (κ3) is 4.03. The Balaban J connectivity index is 2.16. The highest BCUT2D eigenvalue weighted by Gasteiger charge is 2.36. The molecule has 0 saturated heterocycles. The van der Waals surface area contributed by atoms with Crippen LogP contribution in [0.5, 0.6) is 0 Å². The van der Waals surface area contributed by atoms with Gasteiger partial charge < -0.3 is 10.1 Å². The molecule has 1 aliphatic rings. The highest BCUT2D eigenvalue weighted by atomic mass is 32.2. The summed E-state index contributed by atoms with van der Waals surface area (Å²) in [4.78, 5) is 0. The second-order valence-corrected chi connectivity index (χ2v) is 6.87. The predicted octanol–water partition coefficient (Wildman–Crippen LogP) is 0.970. The molecule has 0 bridgehead atoms. The lowest BCUT2D eigenvalue weighted by Crippen LogP contribution is -2.48. The van der Waals surface area contributed by atoms with Crippen LogP contribution in [0.1, 0.15) is 32.6 Å². The van der Waals surface area contributed by atoms with Gasteiger partial charge in [0.2, 0.25) is 0 Å². The Kier molecular flexibility index (Phi) is 5.21. The van der Waals surface area contributed by atoms with E-state index in [4.69, 9.17) is 4.74 Å². The molecule has 0 amide bonds. The monoisotopic (exact) mass is 249 g/mol. The summed E-state index contributed by atoms with van der Waals surface area (Å²) in [7, 11) is -1.12. The molecule has 0 aliphatic heterocycles. The van der Waals surface area contributed by atoms with Gasteiger partial charge in [0.15, 0.2) is 9.84 Å². The zero-order chi connectivity index (χ0) is 12.1. The predicted molar refractivity (Wildman–Crippen MR) is 65.4 cm³/mol. The fourth-order valence-corrected chi connectivity index (χ4v) is 3.26. The van der Waals surface area contributed by atoms with Gasteiger partial charge in [-0.15, -0.1) is 0 Å². The highest BCUT2D eigenvalue weighted by molar-refractivity contribution is 7.91. The molecule has 0 aromatic rings. The summed E-state index contributed by atoms with van der Waals surface area (Å²) in [5.41, 5.74) is -0.0193. The number of sulfone groups is 1. The lowest BCUT2D eigenvalue weighted by Gasteiger charge is -2.40. The van der Waals surface area contributed by atoms with Crippen LogP contribution in [0.25, 0.3) is 0 Å². The Labute approximate surface area is 98.7 Å².